The first-order valence-corrected chi connectivity index (χ1v) is 13.9. The van der Waals surface area contributed by atoms with Crippen molar-refractivity contribution >= 4 is 17.8 Å². The SMILES string of the molecule is CCn1cc(-c2ccc3c(c2)[C@H](F)C[C@]32NC(=O)N(CC(=O)N(Cc3ccc(F)cn3)C3(C(F)(F)F)CN(C)C3)C2=O)cn1. The van der Waals surface area contributed by atoms with E-state index >= 15 is 4.39 Å². The molecule has 15 heteroatoms. The number of benzene rings is 1. The van der Waals surface area contributed by atoms with Gasteiger partial charge in [0.25, 0.3) is 5.91 Å². The molecule has 2 fully saturated rings. The van der Waals surface area contributed by atoms with Gasteiger partial charge in [0, 0.05) is 37.8 Å². The zero-order valence-electron chi connectivity index (χ0n) is 23.7. The van der Waals surface area contributed by atoms with Crippen molar-refractivity contribution < 1.29 is 36.3 Å². The van der Waals surface area contributed by atoms with Crippen LogP contribution in [0.25, 0.3) is 11.1 Å². The number of pyridine rings is 1. The van der Waals surface area contributed by atoms with Crippen molar-refractivity contribution in [3.8, 4) is 11.1 Å². The Morgan fingerprint density at radius 1 is 1.14 bits per heavy atom. The third kappa shape index (κ3) is 4.60. The predicted octanol–water partition coefficient (Wildman–Crippen LogP) is 3.54. The van der Waals surface area contributed by atoms with Gasteiger partial charge < -0.3 is 15.1 Å². The lowest BCUT2D eigenvalue weighted by molar-refractivity contribution is -0.268. The molecule has 1 aliphatic carbocycles. The molecule has 6 rings (SSSR count). The molecule has 1 spiro atoms. The second-order valence-electron chi connectivity index (χ2n) is 11.4. The number of carbonyl (C=O) groups excluding carboxylic acids is 3. The number of likely N-dealkylation sites (tertiary alicyclic amines) is 1. The van der Waals surface area contributed by atoms with Crippen LogP contribution in [0.2, 0.25) is 0 Å². The number of aryl methyl sites for hydroxylation is 1. The molecule has 3 aliphatic rings. The van der Waals surface area contributed by atoms with E-state index in [1.54, 1.807) is 29.2 Å². The van der Waals surface area contributed by atoms with Crippen LogP contribution in [0.1, 0.15) is 36.3 Å². The number of aromatic nitrogens is 3. The maximum absolute atomic E-state index is 15.5. The molecule has 2 saturated heterocycles. The molecule has 2 aliphatic heterocycles. The molecule has 0 bridgehead atoms. The minimum Gasteiger partial charge on any atom is -0.319 e. The molecule has 44 heavy (non-hydrogen) atoms. The third-order valence-electron chi connectivity index (χ3n) is 8.61. The van der Waals surface area contributed by atoms with Gasteiger partial charge in [-0.1, -0.05) is 12.1 Å². The number of carbonyl (C=O) groups is 3. The fourth-order valence-electron chi connectivity index (χ4n) is 6.37. The summed E-state index contributed by atoms with van der Waals surface area (Å²) in [5.41, 5.74) is -2.68. The molecule has 2 aromatic heterocycles. The second kappa shape index (κ2) is 10.4. The van der Waals surface area contributed by atoms with Crippen LogP contribution in [-0.2, 0) is 28.2 Å². The summed E-state index contributed by atoms with van der Waals surface area (Å²) >= 11 is 0. The van der Waals surface area contributed by atoms with E-state index in [4.69, 9.17) is 0 Å². The molecule has 232 valence electrons. The number of urea groups is 1. The number of halogens is 5. The quantitative estimate of drug-likeness (QED) is 0.322. The van der Waals surface area contributed by atoms with Crippen molar-refractivity contribution in [2.75, 3.05) is 26.7 Å². The molecule has 0 radical (unpaired) electrons. The van der Waals surface area contributed by atoms with Gasteiger partial charge in [-0.15, -0.1) is 0 Å². The largest absolute Gasteiger partial charge is 0.414 e. The molecule has 1 aromatic carbocycles. The highest BCUT2D eigenvalue weighted by Crippen LogP contribution is 2.49. The van der Waals surface area contributed by atoms with Crippen LogP contribution in [0.5, 0.6) is 0 Å². The normalized spacial score (nSPS) is 22.7. The first-order chi connectivity index (χ1) is 20.8. The highest BCUT2D eigenvalue weighted by Gasteiger charge is 2.66. The highest BCUT2D eigenvalue weighted by molar-refractivity contribution is 6.10. The molecule has 0 saturated carbocycles. The molecular formula is C29H28F5N7O3. The summed E-state index contributed by atoms with van der Waals surface area (Å²) in [7, 11) is 1.45. The van der Waals surface area contributed by atoms with E-state index in [9.17, 15) is 31.9 Å². The van der Waals surface area contributed by atoms with Crippen molar-refractivity contribution in [1.82, 2.24) is 34.8 Å². The van der Waals surface area contributed by atoms with Gasteiger partial charge in [0.05, 0.1) is 24.6 Å². The number of likely N-dealkylation sites (N-methyl/N-ethyl adjacent to an activating group) is 1. The van der Waals surface area contributed by atoms with E-state index in [0.29, 0.717) is 21.9 Å². The van der Waals surface area contributed by atoms with Crippen LogP contribution in [0.4, 0.5) is 26.7 Å². The number of fused-ring (bicyclic) bond motifs is 2. The van der Waals surface area contributed by atoms with Crippen molar-refractivity contribution in [2.45, 2.75) is 49.9 Å². The molecule has 4 amide bonds. The lowest BCUT2D eigenvalue weighted by Crippen LogP contribution is -2.77. The Balaban J connectivity index is 1.29. The van der Waals surface area contributed by atoms with Gasteiger partial charge in [0.2, 0.25) is 5.91 Å². The Kier molecular flexibility index (Phi) is 6.98. The standard InChI is InChI=1S/C29H28F5N7O3/c1-3-39-12-18(10-36-39)17-4-7-22-21(8-17)23(31)9-28(22)25(43)40(26(44)37-28)14-24(42)41(13-20-6-5-19(30)11-35-20)27(29(32,33)34)15-38(2)16-27/h4-8,10-12,23H,3,9,13-16H2,1-2H3,(H,37,44)/t23-,28+/m1/s1. The van der Waals surface area contributed by atoms with Crippen molar-refractivity contribution in [3.63, 3.8) is 0 Å². The predicted molar refractivity (Wildman–Crippen MR) is 145 cm³/mol. The molecule has 0 unspecified atom stereocenters. The molecule has 1 N–H and O–H groups in total. The Hall–Kier alpha value is -4.40. The first-order valence-electron chi connectivity index (χ1n) is 13.9. The van der Waals surface area contributed by atoms with Gasteiger partial charge in [0.1, 0.15) is 24.1 Å². The number of amides is 4. The van der Waals surface area contributed by atoms with E-state index < -0.39 is 79.7 Å². The van der Waals surface area contributed by atoms with E-state index in [-0.39, 0.29) is 16.8 Å². The Bertz CT molecular complexity index is 1640. The van der Waals surface area contributed by atoms with Crippen LogP contribution < -0.4 is 5.32 Å². The van der Waals surface area contributed by atoms with Gasteiger partial charge in [-0.05, 0) is 48.9 Å². The van der Waals surface area contributed by atoms with E-state index in [2.05, 4.69) is 15.4 Å². The summed E-state index contributed by atoms with van der Waals surface area (Å²) in [5, 5.41) is 6.74. The summed E-state index contributed by atoms with van der Waals surface area (Å²) in [6.07, 6.45) is -2.71. The van der Waals surface area contributed by atoms with Gasteiger partial charge in [-0.25, -0.2) is 13.6 Å². The molecule has 3 aromatic rings. The molecule has 4 heterocycles. The lowest BCUT2D eigenvalue weighted by Gasteiger charge is -2.55. The first kappa shape index (κ1) is 29.7. The van der Waals surface area contributed by atoms with E-state index in [0.717, 1.165) is 23.9 Å². The summed E-state index contributed by atoms with van der Waals surface area (Å²) in [5.74, 6) is -2.81. The lowest BCUT2D eigenvalue weighted by atomic mass is 9.86. The Morgan fingerprint density at radius 3 is 2.50 bits per heavy atom. The average molecular weight is 618 g/mol. The van der Waals surface area contributed by atoms with E-state index in [1.807, 2.05) is 6.92 Å². The second-order valence-corrected chi connectivity index (χ2v) is 11.4. The topological polar surface area (TPSA) is 104 Å². The van der Waals surface area contributed by atoms with Gasteiger partial charge in [-0.3, -0.25) is 24.2 Å². The van der Waals surface area contributed by atoms with Gasteiger partial charge in [0.15, 0.2) is 5.54 Å². The maximum Gasteiger partial charge on any atom is 0.414 e. The van der Waals surface area contributed by atoms with Crippen molar-refractivity contribution in [3.05, 3.63) is 71.6 Å². The Morgan fingerprint density at radius 2 is 1.89 bits per heavy atom. The highest BCUT2D eigenvalue weighted by atomic mass is 19.4. The number of alkyl halides is 4. The third-order valence-corrected chi connectivity index (χ3v) is 8.61. The zero-order valence-corrected chi connectivity index (χ0v) is 23.7. The zero-order chi connectivity index (χ0) is 31.6. The van der Waals surface area contributed by atoms with Crippen LogP contribution in [0, 0.1) is 5.82 Å². The number of rotatable bonds is 7. The monoisotopic (exact) mass is 617 g/mol. The van der Waals surface area contributed by atoms with Gasteiger partial charge in [-0.2, -0.15) is 18.3 Å². The number of nitrogens with zero attached hydrogens (tertiary/aromatic N) is 6. The maximum atomic E-state index is 15.5. The van der Waals surface area contributed by atoms with Crippen molar-refractivity contribution in [1.29, 1.82) is 0 Å². The molecule has 2 atom stereocenters. The summed E-state index contributed by atoms with van der Waals surface area (Å²) in [6.45, 7) is -0.219. The molecule has 10 nitrogen and oxygen atoms in total. The smallest absolute Gasteiger partial charge is 0.319 e. The van der Waals surface area contributed by atoms with Crippen molar-refractivity contribution in [2.24, 2.45) is 0 Å². The number of nitrogens with one attached hydrogen (secondary N) is 1. The fourth-order valence-corrected chi connectivity index (χ4v) is 6.37. The van der Waals surface area contributed by atoms with Crippen LogP contribution in [0.3, 0.4) is 0 Å². The van der Waals surface area contributed by atoms with Gasteiger partial charge >= 0.3 is 12.2 Å². The summed E-state index contributed by atoms with van der Waals surface area (Å²) in [4.78, 5) is 46.8. The van der Waals surface area contributed by atoms with E-state index in [1.165, 1.54) is 18.0 Å². The Labute approximate surface area is 248 Å². The average Bonchev–Trinajstić information content (AvgIpc) is 3.61. The van der Waals surface area contributed by atoms with Crippen LogP contribution in [0.15, 0.2) is 48.9 Å². The fraction of sp³-hybridized carbons (Fsp3) is 0.414. The minimum atomic E-state index is -4.87. The summed E-state index contributed by atoms with van der Waals surface area (Å²) < 4.78 is 74.1. The van der Waals surface area contributed by atoms with Crippen LogP contribution in [-0.4, -0.2) is 85.7 Å². The minimum absolute atomic E-state index is 0.0168. The number of hydrogen-bond acceptors (Lipinski definition) is 6. The van der Waals surface area contributed by atoms with Crippen LogP contribution >= 0.6 is 0 Å². The summed E-state index contributed by atoms with van der Waals surface area (Å²) in [6, 6.07) is 5.92. The molecular weight excluding hydrogens is 589 g/mol. The number of hydrogen-bond donors (Lipinski definition) is 1. The number of imide groups is 1.